The lowest BCUT2D eigenvalue weighted by atomic mass is 9.75. The molecular formula is C23H31FN2O2. The van der Waals surface area contributed by atoms with Crippen LogP contribution in [0.2, 0.25) is 0 Å². The molecule has 0 radical (unpaired) electrons. The molecule has 1 aromatic rings. The molecule has 1 N–H and O–H groups in total. The van der Waals surface area contributed by atoms with Crippen LogP contribution in [0.3, 0.4) is 0 Å². The number of piperidine rings is 1. The van der Waals surface area contributed by atoms with Gasteiger partial charge in [0.25, 0.3) is 0 Å². The van der Waals surface area contributed by atoms with Crippen molar-refractivity contribution in [1.82, 2.24) is 10.2 Å². The first-order chi connectivity index (χ1) is 13.5. The summed E-state index contributed by atoms with van der Waals surface area (Å²) in [4.78, 5) is 26.9. The molecule has 0 spiro atoms. The van der Waals surface area contributed by atoms with Crippen molar-refractivity contribution in [1.29, 1.82) is 0 Å². The summed E-state index contributed by atoms with van der Waals surface area (Å²) < 4.78 is 13.2. The predicted molar refractivity (Wildman–Crippen MR) is 106 cm³/mol. The normalized spacial score (nSPS) is 30.0. The Morgan fingerprint density at radius 2 is 1.89 bits per heavy atom. The van der Waals surface area contributed by atoms with E-state index < -0.39 is 0 Å². The summed E-state index contributed by atoms with van der Waals surface area (Å²) >= 11 is 0. The molecule has 1 aliphatic carbocycles. The third-order valence-electron chi connectivity index (χ3n) is 7.15. The molecule has 3 fully saturated rings. The van der Waals surface area contributed by atoms with Gasteiger partial charge in [0.15, 0.2) is 0 Å². The first-order valence-corrected chi connectivity index (χ1v) is 10.9. The summed E-state index contributed by atoms with van der Waals surface area (Å²) in [5, 5.41) is 3.13. The number of nitrogens with zero attached hydrogens (tertiary/aromatic N) is 1. The predicted octanol–water partition coefficient (Wildman–Crippen LogP) is 3.84. The Labute approximate surface area is 166 Å². The average molecular weight is 387 g/mol. The van der Waals surface area contributed by atoms with Gasteiger partial charge in [-0.25, -0.2) is 4.39 Å². The first kappa shape index (κ1) is 19.4. The third kappa shape index (κ3) is 4.39. The zero-order valence-electron chi connectivity index (χ0n) is 16.6. The lowest BCUT2D eigenvalue weighted by molar-refractivity contribution is -0.135. The van der Waals surface area contributed by atoms with Gasteiger partial charge in [0.1, 0.15) is 5.82 Å². The number of carbonyl (C=O) groups is 2. The second-order valence-electron chi connectivity index (χ2n) is 9.06. The van der Waals surface area contributed by atoms with E-state index in [9.17, 15) is 14.0 Å². The van der Waals surface area contributed by atoms with Crippen LogP contribution >= 0.6 is 0 Å². The molecule has 5 heteroatoms. The molecular weight excluding hydrogens is 355 g/mol. The molecule has 3 atom stereocenters. The molecule has 2 saturated heterocycles. The van der Waals surface area contributed by atoms with E-state index in [0.717, 1.165) is 37.4 Å². The van der Waals surface area contributed by atoms with Crippen LogP contribution in [0.15, 0.2) is 24.3 Å². The van der Waals surface area contributed by atoms with Crippen molar-refractivity contribution in [3.05, 3.63) is 35.6 Å². The number of fused-ring (bicyclic) bond motifs is 1. The number of benzene rings is 1. The lowest BCUT2D eigenvalue weighted by Crippen LogP contribution is -2.47. The van der Waals surface area contributed by atoms with Gasteiger partial charge in [-0.1, -0.05) is 31.4 Å². The summed E-state index contributed by atoms with van der Waals surface area (Å²) in [6.45, 7) is 1.80. The van der Waals surface area contributed by atoms with Gasteiger partial charge in [-0.05, 0) is 61.6 Å². The first-order valence-electron chi connectivity index (χ1n) is 10.9. The van der Waals surface area contributed by atoms with Crippen LogP contribution in [0.5, 0.6) is 0 Å². The molecule has 2 heterocycles. The fraction of sp³-hybridized carbons (Fsp3) is 0.652. The van der Waals surface area contributed by atoms with Crippen LogP contribution in [0.25, 0.3) is 0 Å². The highest BCUT2D eigenvalue weighted by Gasteiger charge is 2.39. The Hall–Kier alpha value is -1.91. The number of likely N-dealkylation sites (tertiary alicyclic amines) is 1. The smallest absolute Gasteiger partial charge is 0.222 e. The van der Waals surface area contributed by atoms with Crippen LogP contribution in [0, 0.1) is 17.7 Å². The van der Waals surface area contributed by atoms with Gasteiger partial charge in [-0.2, -0.15) is 0 Å². The number of amides is 2. The summed E-state index contributed by atoms with van der Waals surface area (Å²) in [6.07, 6.45) is 9.41. The molecule has 0 bridgehead atoms. The number of carbonyl (C=O) groups excluding carboxylic acids is 2. The molecule has 1 aromatic carbocycles. The van der Waals surface area contributed by atoms with Crippen LogP contribution in [-0.2, 0) is 16.0 Å². The van der Waals surface area contributed by atoms with Crippen LogP contribution in [-0.4, -0.2) is 35.3 Å². The average Bonchev–Trinajstić information content (AvgIpc) is 3.08. The fourth-order valence-electron chi connectivity index (χ4n) is 5.51. The number of hydrogen-bond acceptors (Lipinski definition) is 2. The van der Waals surface area contributed by atoms with Gasteiger partial charge in [-0.15, -0.1) is 0 Å². The fourth-order valence-corrected chi connectivity index (χ4v) is 5.51. The van der Waals surface area contributed by atoms with E-state index in [1.54, 1.807) is 12.1 Å². The molecule has 1 unspecified atom stereocenters. The zero-order valence-corrected chi connectivity index (χ0v) is 16.6. The Kier molecular flexibility index (Phi) is 5.70. The molecule has 2 aliphatic heterocycles. The van der Waals surface area contributed by atoms with Crippen molar-refractivity contribution < 1.29 is 14.0 Å². The summed E-state index contributed by atoms with van der Waals surface area (Å²) in [5.74, 6) is 1.53. The Bertz CT molecular complexity index is 720. The number of halogens is 1. The largest absolute Gasteiger partial charge is 0.350 e. The van der Waals surface area contributed by atoms with Gasteiger partial charge < -0.3 is 10.2 Å². The molecule has 4 rings (SSSR count). The van der Waals surface area contributed by atoms with Crippen molar-refractivity contribution in [2.45, 2.75) is 69.7 Å². The van der Waals surface area contributed by atoms with E-state index in [0.29, 0.717) is 31.6 Å². The number of hydrogen-bond donors (Lipinski definition) is 1. The van der Waals surface area contributed by atoms with Gasteiger partial charge in [-0.3, -0.25) is 9.59 Å². The van der Waals surface area contributed by atoms with Crippen LogP contribution in [0.4, 0.5) is 4.39 Å². The number of nitrogens with one attached hydrogen (secondary N) is 1. The minimum Gasteiger partial charge on any atom is -0.350 e. The highest BCUT2D eigenvalue weighted by atomic mass is 19.1. The van der Waals surface area contributed by atoms with E-state index in [1.807, 2.05) is 0 Å². The standard InChI is InChI=1S/C23H31FN2O2/c24-20-7-5-17(6-8-20)15-23(12-9-21(27)25-23)13-10-22(28)26-14-11-18-3-1-2-4-19(18)16-26/h5-8,18-19H,1-4,9-16H2,(H,25,27)/t18-,19-,23?/m0/s1. The molecule has 1 saturated carbocycles. The van der Waals surface area contributed by atoms with Gasteiger partial charge in [0.05, 0.1) is 0 Å². The van der Waals surface area contributed by atoms with Crippen LogP contribution in [0.1, 0.15) is 63.4 Å². The molecule has 3 aliphatic rings. The van der Waals surface area contributed by atoms with Crippen molar-refractivity contribution in [2.75, 3.05) is 13.1 Å². The Balaban J connectivity index is 1.37. The van der Waals surface area contributed by atoms with E-state index in [-0.39, 0.29) is 23.2 Å². The molecule has 2 amide bonds. The summed E-state index contributed by atoms with van der Waals surface area (Å²) in [5.41, 5.74) is 0.618. The quantitative estimate of drug-likeness (QED) is 0.836. The maximum atomic E-state index is 13.2. The summed E-state index contributed by atoms with van der Waals surface area (Å²) in [7, 11) is 0. The highest BCUT2D eigenvalue weighted by Crippen LogP contribution is 2.36. The van der Waals surface area contributed by atoms with E-state index in [1.165, 1.54) is 37.8 Å². The molecule has 152 valence electrons. The van der Waals surface area contributed by atoms with E-state index in [2.05, 4.69) is 10.2 Å². The van der Waals surface area contributed by atoms with Crippen molar-refractivity contribution in [3.63, 3.8) is 0 Å². The van der Waals surface area contributed by atoms with Crippen molar-refractivity contribution in [2.24, 2.45) is 11.8 Å². The molecule has 0 aromatic heterocycles. The Morgan fingerprint density at radius 3 is 2.61 bits per heavy atom. The van der Waals surface area contributed by atoms with Crippen molar-refractivity contribution in [3.8, 4) is 0 Å². The van der Waals surface area contributed by atoms with Gasteiger partial charge in [0.2, 0.25) is 11.8 Å². The Morgan fingerprint density at radius 1 is 1.14 bits per heavy atom. The number of rotatable bonds is 5. The second-order valence-corrected chi connectivity index (χ2v) is 9.06. The van der Waals surface area contributed by atoms with Gasteiger partial charge >= 0.3 is 0 Å². The van der Waals surface area contributed by atoms with Crippen LogP contribution < -0.4 is 5.32 Å². The topological polar surface area (TPSA) is 49.4 Å². The van der Waals surface area contributed by atoms with Gasteiger partial charge in [0, 0.05) is 31.5 Å². The minimum absolute atomic E-state index is 0.0533. The third-order valence-corrected chi connectivity index (χ3v) is 7.15. The highest BCUT2D eigenvalue weighted by molar-refractivity contribution is 5.80. The monoisotopic (exact) mass is 386 g/mol. The van der Waals surface area contributed by atoms with E-state index >= 15 is 0 Å². The van der Waals surface area contributed by atoms with E-state index in [4.69, 9.17) is 0 Å². The lowest BCUT2D eigenvalue weighted by Gasteiger charge is -2.41. The maximum absolute atomic E-state index is 13.2. The zero-order chi connectivity index (χ0) is 19.6. The summed E-state index contributed by atoms with van der Waals surface area (Å²) in [6, 6.07) is 6.47. The van der Waals surface area contributed by atoms with Crippen molar-refractivity contribution >= 4 is 11.8 Å². The SMILES string of the molecule is O=C1CCC(CCC(=O)N2CC[C@@H]3CCCC[C@H]3C2)(Cc2ccc(F)cc2)N1. The maximum Gasteiger partial charge on any atom is 0.222 e. The second kappa shape index (κ2) is 8.22. The molecule has 28 heavy (non-hydrogen) atoms. The minimum atomic E-state index is -0.381. The molecule has 4 nitrogen and oxygen atoms in total.